The highest BCUT2D eigenvalue weighted by Gasteiger charge is 2.18. The summed E-state index contributed by atoms with van der Waals surface area (Å²) >= 11 is 0. The fourth-order valence-electron chi connectivity index (χ4n) is 1.43. The molecule has 0 aliphatic rings. The van der Waals surface area contributed by atoms with Gasteiger partial charge < -0.3 is 5.73 Å². The van der Waals surface area contributed by atoms with E-state index in [-0.39, 0.29) is 16.3 Å². The van der Waals surface area contributed by atoms with Crippen LogP contribution in [-0.2, 0) is 10.0 Å². The van der Waals surface area contributed by atoms with Gasteiger partial charge in [-0.2, -0.15) is 5.10 Å². The van der Waals surface area contributed by atoms with Crippen molar-refractivity contribution in [1.29, 1.82) is 0 Å². The van der Waals surface area contributed by atoms with Crippen LogP contribution in [0.5, 0.6) is 0 Å². The first kappa shape index (κ1) is 12.4. The topological polar surface area (TPSA) is 101 Å². The van der Waals surface area contributed by atoms with Crippen molar-refractivity contribution in [3.63, 3.8) is 0 Å². The van der Waals surface area contributed by atoms with Crippen molar-refractivity contribution >= 4 is 21.4 Å². The predicted molar refractivity (Wildman–Crippen MR) is 64.9 cm³/mol. The molecule has 1 aromatic carbocycles. The number of nitrogens with two attached hydrogens (primary N) is 1. The van der Waals surface area contributed by atoms with Crippen molar-refractivity contribution in [2.24, 2.45) is 0 Å². The number of aryl methyl sites for hydroxylation is 1. The third-order valence-corrected chi connectivity index (χ3v) is 3.82. The van der Waals surface area contributed by atoms with Crippen molar-refractivity contribution in [3.8, 4) is 0 Å². The summed E-state index contributed by atoms with van der Waals surface area (Å²) in [4.78, 5) is 0.0328. The molecule has 0 spiro atoms. The number of hydrogen-bond acceptors (Lipinski definition) is 4. The summed E-state index contributed by atoms with van der Waals surface area (Å²) in [6.45, 7) is 1.58. The number of aromatic nitrogens is 2. The molecular formula is C10H11FN4O2S. The third-order valence-electron chi connectivity index (χ3n) is 2.32. The number of aromatic amines is 1. The highest BCUT2D eigenvalue weighted by atomic mass is 32.2. The summed E-state index contributed by atoms with van der Waals surface area (Å²) in [5.74, 6) is -0.600. The molecule has 96 valence electrons. The molecule has 2 aromatic rings. The van der Waals surface area contributed by atoms with Gasteiger partial charge in [-0.3, -0.25) is 9.82 Å². The molecular weight excluding hydrogens is 259 g/mol. The maximum Gasteiger partial charge on any atom is 0.265 e. The zero-order valence-corrected chi connectivity index (χ0v) is 10.3. The van der Waals surface area contributed by atoms with Crippen LogP contribution >= 0.6 is 0 Å². The number of sulfonamides is 1. The summed E-state index contributed by atoms with van der Waals surface area (Å²) in [6.07, 6.45) is 1.20. The molecule has 1 heterocycles. The monoisotopic (exact) mass is 270 g/mol. The van der Waals surface area contributed by atoms with E-state index in [0.29, 0.717) is 5.69 Å². The average molecular weight is 270 g/mol. The van der Waals surface area contributed by atoms with Crippen molar-refractivity contribution in [2.45, 2.75) is 11.8 Å². The molecule has 0 atom stereocenters. The van der Waals surface area contributed by atoms with Gasteiger partial charge in [0.2, 0.25) is 0 Å². The lowest BCUT2D eigenvalue weighted by molar-refractivity contribution is 0.600. The third kappa shape index (κ3) is 2.28. The van der Waals surface area contributed by atoms with E-state index in [9.17, 15) is 12.8 Å². The molecule has 8 heteroatoms. The second-order valence-corrected chi connectivity index (χ2v) is 5.35. The molecule has 0 aliphatic carbocycles. The summed E-state index contributed by atoms with van der Waals surface area (Å²) in [5.41, 5.74) is 5.84. The van der Waals surface area contributed by atoms with Crippen molar-refractivity contribution < 1.29 is 12.8 Å². The van der Waals surface area contributed by atoms with Crippen molar-refractivity contribution in [3.05, 3.63) is 35.9 Å². The maximum atomic E-state index is 13.0. The minimum Gasteiger partial charge on any atom is -0.396 e. The van der Waals surface area contributed by atoms with Crippen LogP contribution in [0.15, 0.2) is 29.3 Å². The summed E-state index contributed by atoms with van der Waals surface area (Å²) in [6, 6.07) is 3.59. The Kier molecular flexibility index (Phi) is 2.95. The Labute approximate surface area is 103 Å². The number of benzene rings is 1. The molecule has 0 bridgehead atoms. The van der Waals surface area contributed by atoms with Gasteiger partial charge in [0, 0.05) is 0 Å². The maximum absolute atomic E-state index is 13.0. The second kappa shape index (κ2) is 4.30. The Morgan fingerprint density at radius 2 is 2.17 bits per heavy atom. The van der Waals surface area contributed by atoms with E-state index in [4.69, 9.17) is 5.73 Å². The SMILES string of the molecule is Cc1[nH]ncc1S(=O)(=O)Nc1ccc(F)c(N)c1. The first-order valence-electron chi connectivity index (χ1n) is 4.98. The van der Waals surface area contributed by atoms with Crippen LogP contribution in [-0.4, -0.2) is 18.6 Å². The van der Waals surface area contributed by atoms with Gasteiger partial charge in [-0.25, -0.2) is 12.8 Å². The van der Waals surface area contributed by atoms with Crippen LogP contribution in [0.25, 0.3) is 0 Å². The van der Waals surface area contributed by atoms with E-state index in [0.717, 1.165) is 6.07 Å². The molecule has 0 saturated heterocycles. The fraction of sp³-hybridized carbons (Fsp3) is 0.100. The lowest BCUT2D eigenvalue weighted by Crippen LogP contribution is -2.13. The highest BCUT2D eigenvalue weighted by molar-refractivity contribution is 7.92. The number of nitrogens with one attached hydrogen (secondary N) is 2. The predicted octanol–water partition coefficient (Wildman–Crippen LogP) is 1.24. The van der Waals surface area contributed by atoms with Crippen LogP contribution in [0.4, 0.5) is 15.8 Å². The normalized spacial score (nSPS) is 11.4. The minimum atomic E-state index is -3.75. The van der Waals surface area contributed by atoms with E-state index >= 15 is 0 Å². The zero-order valence-electron chi connectivity index (χ0n) is 9.44. The van der Waals surface area contributed by atoms with Crippen LogP contribution < -0.4 is 10.5 Å². The fourth-order valence-corrected chi connectivity index (χ4v) is 2.62. The Balaban J connectivity index is 2.34. The van der Waals surface area contributed by atoms with E-state index in [1.54, 1.807) is 6.92 Å². The number of nitrogen functional groups attached to an aromatic ring is 1. The summed E-state index contributed by atoms with van der Waals surface area (Å²) in [7, 11) is -3.75. The lowest BCUT2D eigenvalue weighted by Gasteiger charge is -2.08. The molecule has 4 N–H and O–H groups in total. The van der Waals surface area contributed by atoms with Crippen LogP contribution in [0, 0.1) is 12.7 Å². The second-order valence-electron chi connectivity index (χ2n) is 3.70. The Morgan fingerprint density at radius 3 is 2.72 bits per heavy atom. The molecule has 18 heavy (non-hydrogen) atoms. The number of H-pyrrole nitrogens is 1. The van der Waals surface area contributed by atoms with E-state index in [2.05, 4.69) is 14.9 Å². The number of rotatable bonds is 3. The molecule has 0 amide bonds. The first-order valence-corrected chi connectivity index (χ1v) is 6.46. The number of hydrogen-bond donors (Lipinski definition) is 3. The smallest absolute Gasteiger partial charge is 0.265 e. The van der Waals surface area contributed by atoms with E-state index < -0.39 is 15.8 Å². The van der Waals surface area contributed by atoms with E-state index in [1.807, 2.05) is 0 Å². The molecule has 0 radical (unpaired) electrons. The molecule has 0 fully saturated rings. The van der Waals surface area contributed by atoms with Gasteiger partial charge in [-0.05, 0) is 25.1 Å². The van der Waals surface area contributed by atoms with Crippen LogP contribution in [0.2, 0.25) is 0 Å². The van der Waals surface area contributed by atoms with Gasteiger partial charge >= 0.3 is 0 Å². The Morgan fingerprint density at radius 1 is 1.44 bits per heavy atom. The largest absolute Gasteiger partial charge is 0.396 e. The van der Waals surface area contributed by atoms with Gasteiger partial charge in [0.25, 0.3) is 10.0 Å². The Hall–Kier alpha value is -2.09. The van der Waals surface area contributed by atoms with Gasteiger partial charge in [-0.15, -0.1) is 0 Å². The van der Waals surface area contributed by atoms with Gasteiger partial charge in [0.05, 0.1) is 23.3 Å². The van der Waals surface area contributed by atoms with Crippen molar-refractivity contribution in [2.75, 3.05) is 10.5 Å². The summed E-state index contributed by atoms with van der Waals surface area (Å²) < 4.78 is 39.2. The molecule has 1 aromatic heterocycles. The molecule has 0 aliphatic heterocycles. The molecule has 2 rings (SSSR count). The Bertz CT molecular complexity index is 681. The highest BCUT2D eigenvalue weighted by Crippen LogP contribution is 2.20. The number of nitrogens with zero attached hydrogens (tertiary/aromatic N) is 1. The van der Waals surface area contributed by atoms with Gasteiger partial charge in [0.1, 0.15) is 10.7 Å². The molecule has 6 nitrogen and oxygen atoms in total. The van der Waals surface area contributed by atoms with E-state index in [1.165, 1.54) is 18.3 Å². The van der Waals surface area contributed by atoms with Crippen molar-refractivity contribution in [1.82, 2.24) is 10.2 Å². The zero-order chi connectivity index (χ0) is 13.3. The number of anilines is 2. The van der Waals surface area contributed by atoms with Gasteiger partial charge in [-0.1, -0.05) is 0 Å². The number of halogens is 1. The standard InChI is InChI=1S/C10H11FN4O2S/c1-6-10(5-13-14-6)18(16,17)15-7-2-3-8(11)9(12)4-7/h2-5,15H,12H2,1H3,(H,13,14). The minimum absolute atomic E-state index is 0.0328. The van der Waals surface area contributed by atoms with Crippen LogP contribution in [0.1, 0.15) is 5.69 Å². The quantitative estimate of drug-likeness (QED) is 0.730. The molecule has 0 unspecified atom stereocenters. The first-order chi connectivity index (χ1) is 8.40. The lowest BCUT2D eigenvalue weighted by atomic mass is 10.3. The van der Waals surface area contributed by atoms with Gasteiger partial charge in [0.15, 0.2) is 0 Å². The summed E-state index contributed by atoms with van der Waals surface area (Å²) in [5, 5.41) is 6.16. The average Bonchev–Trinajstić information content (AvgIpc) is 2.70. The van der Waals surface area contributed by atoms with Crippen LogP contribution in [0.3, 0.4) is 0 Å². The molecule has 0 saturated carbocycles.